The molecule has 0 bridgehead atoms. The van der Waals surface area contributed by atoms with E-state index in [1.54, 1.807) is 12.3 Å². The Morgan fingerprint density at radius 2 is 2.35 bits per heavy atom. The van der Waals surface area contributed by atoms with Crippen LogP contribution in [-0.4, -0.2) is 39.5 Å². The molecule has 106 valence electrons. The van der Waals surface area contributed by atoms with Crippen LogP contribution in [0.25, 0.3) is 6.08 Å². The third-order valence-corrected chi connectivity index (χ3v) is 3.60. The molecule has 2 rings (SSSR count). The molecule has 1 fully saturated rings. The van der Waals surface area contributed by atoms with Crippen molar-refractivity contribution in [2.45, 2.75) is 32.2 Å². The van der Waals surface area contributed by atoms with Gasteiger partial charge in [-0.15, -0.1) is 0 Å². The number of hydrogen-bond donors (Lipinski definition) is 1. The van der Waals surface area contributed by atoms with Gasteiger partial charge in [-0.25, -0.2) is 4.79 Å². The first-order chi connectivity index (χ1) is 9.63. The van der Waals surface area contributed by atoms with Gasteiger partial charge < -0.3 is 10.0 Å². The number of pyridine rings is 1. The summed E-state index contributed by atoms with van der Waals surface area (Å²) in [6.07, 6.45) is 8.51. The summed E-state index contributed by atoms with van der Waals surface area (Å²) >= 11 is 0. The van der Waals surface area contributed by atoms with Crippen LogP contribution in [0.15, 0.2) is 24.5 Å². The Hall–Kier alpha value is -2.17. The maximum atomic E-state index is 12.6. The Balaban J connectivity index is 2.28. The van der Waals surface area contributed by atoms with Crippen molar-refractivity contribution in [1.29, 1.82) is 0 Å². The molecule has 0 radical (unpaired) electrons. The molecule has 20 heavy (non-hydrogen) atoms. The molecule has 1 amide bonds. The standard InChI is InChI=1S/C15H18N2O3/c1-2-12-4-3-9-17(12)15(20)13-7-8-16-10-11(13)5-6-14(18)19/h5-8,10,12H,2-4,9H2,1H3,(H,18,19). The molecule has 1 saturated heterocycles. The maximum absolute atomic E-state index is 12.6. The molecule has 1 N–H and O–H groups in total. The van der Waals surface area contributed by atoms with Crippen LogP contribution in [0.3, 0.4) is 0 Å². The predicted molar refractivity (Wildman–Crippen MR) is 75.3 cm³/mol. The van der Waals surface area contributed by atoms with Crippen LogP contribution in [-0.2, 0) is 4.79 Å². The van der Waals surface area contributed by atoms with Crippen molar-refractivity contribution in [2.24, 2.45) is 0 Å². The number of amides is 1. The second-order valence-corrected chi connectivity index (χ2v) is 4.84. The second-order valence-electron chi connectivity index (χ2n) is 4.84. The lowest BCUT2D eigenvalue weighted by Gasteiger charge is -2.24. The summed E-state index contributed by atoms with van der Waals surface area (Å²) < 4.78 is 0. The zero-order valence-electron chi connectivity index (χ0n) is 11.5. The molecule has 1 atom stereocenters. The first kappa shape index (κ1) is 14.2. The van der Waals surface area contributed by atoms with Gasteiger partial charge in [0.05, 0.1) is 0 Å². The third-order valence-electron chi connectivity index (χ3n) is 3.60. The van der Waals surface area contributed by atoms with Crippen LogP contribution in [0.1, 0.15) is 42.1 Å². The number of carboxylic acids is 1. The lowest BCUT2D eigenvalue weighted by molar-refractivity contribution is -0.131. The summed E-state index contributed by atoms with van der Waals surface area (Å²) in [7, 11) is 0. The number of carbonyl (C=O) groups is 2. The number of hydrogen-bond acceptors (Lipinski definition) is 3. The van der Waals surface area contributed by atoms with Gasteiger partial charge in [-0.05, 0) is 31.4 Å². The van der Waals surface area contributed by atoms with Gasteiger partial charge in [-0.1, -0.05) is 6.92 Å². The van der Waals surface area contributed by atoms with Gasteiger partial charge in [-0.2, -0.15) is 0 Å². The van der Waals surface area contributed by atoms with E-state index >= 15 is 0 Å². The van der Waals surface area contributed by atoms with E-state index in [9.17, 15) is 9.59 Å². The molecule has 0 spiro atoms. The van der Waals surface area contributed by atoms with Crippen LogP contribution < -0.4 is 0 Å². The minimum atomic E-state index is -1.04. The van der Waals surface area contributed by atoms with Crippen LogP contribution in [0.2, 0.25) is 0 Å². The lowest BCUT2D eigenvalue weighted by Crippen LogP contribution is -2.35. The average molecular weight is 274 g/mol. The van der Waals surface area contributed by atoms with Crippen molar-refractivity contribution >= 4 is 18.0 Å². The van der Waals surface area contributed by atoms with Gasteiger partial charge >= 0.3 is 5.97 Å². The van der Waals surface area contributed by atoms with Crippen molar-refractivity contribution in [3.63, 3.8) is 0 Å². The molecule has 2 heterocycles. The fourth-order valence-corrected chi connectivity index (χ4v) is 2.58. The van der Waals surface area contributed by atoms with Crippen molar-refractivity contribution in [3.8, 4) is 0 Å². The first-order valence-corrected chi connectivity index (χ1v) is 6.79. The van der Waals surface area contributed by atoms with E-state index in [2.05, 4.69) is 11.9 Å². The number of carboxylic acid groups (broad SMARTS) is 1. The van der Waals surface area contributed by atoms with Crippen molar-refractivity contribution in [3.05, 3.63) is 35.7 Å². The summed E-state index contributed by atoms with van der Waals surface area (Å²) in [6, 6.07) is 1.93. The molecule has 0 saturated carbocycles. The van der Waals surface area contributed by atoms with Gasteiger partial charge in [0.1, 0.15) is 0 Å². The minimum absolute atomic E-state index is 0.0400. The third kappa shape index (κ3) is 3.04. The summed E-state index contributed by atoms with van der Waals surface area (Å²) in [5.41, 5.74) is 1.06. The number of aliphatic carboxylic acids is 1. The van der Waals surface area contributed by atoms with E-state index in [1.165, 1.54) is 12.3 Å². The molecule has 1 aromatic rings. The Labute approximate surface area is 117 Å². The summed E-state index contributed by atoms with van der Waals surface area (Å²) in [5.74, 6) is -1.08. The number of nitrogens with zero attached hydrogens (tertiary/aromatic N) is 2. The summed E-state index contributed by atoms with van der Waals surface area (Å²) in [4.78, 5) is 29.0. The van der Waals surface area contributed by atoms with E-state index < -0.39 is 5.97 Å². The van der Waals surface area contributed by atoms with E-state index in [0.717, 1.165) is 31.9 Å². The fraction of sp³-hybridized carbons (Fsp3) is 0.400. The maximum Gasteiger partial charge on any atom is 0.328 e. The Kier molecular flexibility index (Phi) is 4.50. The van der Waals surface area contributed by atoms with Crippen LogP contribution in [0.5, 0.6) is 0 Å². The van der Waals surface area contributed by atoms with Gasteiger partial charge in [0.15, 0.2) is 0 Å². The van der Waals surface area contributed by atoms with Gasteiger partial charge in [0.25, 0.3) is 5.91 Å². The quantitative estimate of drug-likeness (QED) is 0.854. The van der Waals surface area contributed by atoms with Crippen LogP contribution >= 0.6 is 0 Å². The van der Waals surface area contributed by atoms with E-state index in [-0.39, 0.29) is 11.9 Å². The molecule has 5 nitrogen and oxygen atoms in total. The zero-order valence-corrected chi connectivity index (χ0v) is 11.5. The molecule has 1 aliphatic heterocycles. The highest BCUT2D eigenvalue weighted by Crippen LogP contribution is 2.23. The normalized spacial score (nSPS) is 18.6. The smallest absolute Gasteiger partial charge is 0.328 e. The Bertz CT molecular complexity index is 540. The molecule has 1 aliphatic rings. The molecule has 0 aromatic carbocycles. The average Bonchev–Trinajstić information content (AvgIpc) is 2.93. The highest BCUT2D eigenvalue weighted by atomic mass is 16.4. The largest absolute Gasteiger partial charge is 0.478 e. The topological polar surface area (TPSA) is 70.5 Å². The predicted octanol–water partition coefficient (Wildman–Crippen LogP) is 2.19. The number of carbonyl (C=O) groups excluding carboxylic acids is 1. The van der Waals surface area contributed by atoms with Crippen molar-refractivity contribution in [2.75, 3.05) is 6.54 Å². The van der Waals surface area contributed by atoms with Crippen LogP contribution in [0, 0.1) is 0 Å². The van der Waals surface area contributed by atoms with Gasteiger partial charge in [0, 0.05) is 42.2 Å². The number of rotatable bonds is 4. The highest BCUT2D eigenvalue weighted by molar-refractivity contribution is 5.99. The lowest BCUT2D eigenvalue weighted by atomic mass is 10.1. The van der Waals surface area contributed by atoms with Crippen molar-refractivity contribution < 1.29 is 14.7 Å². The molecule has 5 heteroatoms. The SMILES string of the molecule is CCC1CCCN1C(=O)c1ccncc1C=CC(=O)O. The van der Waals surface area contributed by atoms with Gasteiger partial charge in [0.2, 0.25) is 0 Å². The Morgan fingerprint density at radius 3 is 3.05 bits per heavy atom. The van der Waals surface area contributed by atoms with Crippen molar-refractivity contribution in [1.82, 2.24) is 9.88 Å². The minimum Gasteiger partial charge on any atom is -0.478 e. The monoisotopic (exact) mass is 274 g/mol. The van der Waals surface area contributed by atoms with E-state index in [0.29, 0.717) is 11.1 Å². The highest BCUT2D eigenvalue weighted by Gasteiger charge is 2.28. The Morgan fingerprint density at radius 1 is 1.55 bits per heavy atom. The molecule has 1 unspecified atom stereocenters. The van der Waals surface area contributed by atoms with E-state index in [4.69, 9.17) is 5.11 Å². The van der Waals surface area contributed by atoms with E-state index in [1.807, 2.05) is 4.90 Å². The molecule has 0 aliphatic carbocycles. The number of aromatic nitrogens is 1. The fourth-order valence-electron chi connectivity index (χ4n) is 2.58. The molecular weight excluding hydrogens is 256 g/mol. The molecular formula is C15H18N2O3. The molecule has 1 aromatic heterocycles. The summed E-state index contributed by atoms with van der Waals surface area (Å²) in [6.45, 7) is 2.84. The van der Waals surface area contributed by atoms with Crippen LogP contribution in [0.4, 0.5) is 0 Å². The second kappa shape index (κ2) is 6.32. The number of likely N-dealkylation sites (tertiary alicyclic amines) is 1. The zero-order chi connectivity index (χ0) is 14.5. The summed E-state index contributed by atoms with van der Waals surface area (Å²) in [5, 5.41) is 8.69. The van der Waals surface area contributed by atoms with Gasteiger partial charge in [-0.3, -0.25) is 9.78 Å². The first-order valence-electron chi connectivity index (χ1n) is 6.79.